The van der Waals surface area contributed by atoms with Crippen LogP contribution in [0.3, 0.4) is 0 Å². The predicted octanol–water partition coefficient (Wildman–Crippen LogP) is 0.270. The Morgan fingerprint density at radius 2 is 2.42 bits per heavy atom. The summed E-state index contributed by atoms with van der Waals surface area (Å²) in [4.78, 5) is 15.5. The maximum atomic E-state index is 10.9. The molecule has 5 nitrogen and oxygen atoms in total. The molecule has 0 aromatic rings. The standard InChI is InChI=1S/C7H15N3O2/c1-4-6-12-9-7(11)8-10(3)5-2/h4H,1,5-6H2,2-3H3,(H2,8,9,11). The quantitative estimate of drug-likeness (QED) is 0.356. The number of carbonyl (C=O) groups excluding carboxylic acids is 1. The summed E-state index contributed by atoms with van der Waals surface area (Å²) in [5, 5.41) is 1.63. The minimum Gasteiger partial charge on any atom is -0.269 e. The fourth-order valence-electron chi connectivity index (χ4n) is 0.441. The number of hydrogen-bond donors (Lipinski definition) is 2. The Morgan fingerprint density at radius 1 is 1.75 bits per heavy atom. The lowest BCUT2D eigenvalue weighted by atomic mass is 10.7. The summed E-state index contributed by atoms with van der Waals surface area (Å²) in [5.74, 6) is 0. The average Bonchev–Trinajstić information content (AvgIpc) is 2.05. The van der Waals surface area contributed by atoms with Crippen LogP contribution in [0.1, 0.15) is 6.92 Å². The first-order valence-corrected chi connectivity index (χ1v) is 3.71. The van der Waals surface area contributed by atoms with Gasteiger partial charge in [-0.3, -0.25) is 10.3 Å². The van der Waals surface area contributed by atoms with E-state index in [1.54, 1.807) is 18.1 Å². The summed E-state index contributed by atoms with van der Waals surface area (Å²) in [5.41, 5.74) is 4.70. The zero-order valence-corrected chi connectivity index (χ0v) is 7.46. The van der Waals surface area contributed by atoms with Gasteiger partial charge < -0.3 is 0 Å². The molecule has 0 saturated heterocycles. The van der Waals surface area contributed by atoms with Crippen molar-refractivity contribution in [2.24, 2.45) is 0 Å². The lowest BCUT2D eigenvalue weighted by molar-refractivity contribution is 0.0721. The molecule has 0 aromatic heterocycles. The lowest BCUT2D eigenvalue weighted by Gasteiger charge is -2.15. The summed E-state index contributed by atoms with van der Waals surface area (Å²) in [6.07, 6.45) is 1.55. The number of rotatable bonds is 5. The van der Waals surface area contributed by atoms with Crippen molar-refractivity contribution in [1.29, 1.82) is 0 Å². The van der Waals surface area contributed by atoms with Gasteiger partial charge in [0.25, 0.3) is 0 Å². The van der Waals surface area contributed by atoms with Gasteiger partial charge in [0.2, 0.25) is 0 Å². The van der Waals surface area contributed by atoms with Crippen molar-refractivity contribution in [3.8, 4) is 0 Å². The second-order valence-electron chi connectivity index (χ2n) is 2.16. The van der Waals surface area contributed by atoms with Crippen LogP contribution in [0.15, 0.2) is 12.7 Å². The zero-order chi connectivity index (χ0) is 9.40. The molecule has 2 N–H and O–H groups in total. The van der Waals surface area contributed by atoms with Gasteiger partial charge in [-0.2, -0.15) is 0 Å². The molecule has 12 heavy (non-hydrogen) atoms. The van der Waals surface area contributed by atoms with Gasteiger partial charge in [0.15, 0.2) is 0 Å². The van der Waals surface area contributed by atoms with Gasteiger partial charge in [-0.05, 0) is 0 Å². The zero-order valence-electron chi connectivity index (χ0n) is 7.46. The molecule has 0 unspecified atom stereocenters. The molecule has 0 aliphatic rings. The van der Waals surface area contributed by atoms with E-state index >= 15 is 0 Å². The number of urea groups is 1. The van der Waals surface area contributed by atoms with Gasteiger partial charge in [0, 0.05) is 13.6 Å². The van der Waals surface area contributed by atoms with E-state index in [2.05, 4.69) is 22.3 Å². The molecular weight excluding hydrogens is 158 g/mol. The SMILES string of the molecule is C=CCONC(=O)NN(C)CC. The monoisotopic (exact) mass is 173 g/mol. The van der Waals surface area contributed by atoms with E-state index in [-0.39, 0.29) is 6.03 Å². The topological polar surface area (TPSA) is 53.6 Å². The molecule has 0 fully saturated rings. The summed E-state index contributed by atoms with van der Waals surface area (Å²) < 4.78 is 0. The number of nitrogens with zero attached hydrogens (tertiary/aromatic N) is 1. The number of amides is 2. The highest BCUT2D eigenvalue weighted by Crippen LogP contribution is 1.74. The van der Waals surface area contributed by atoms with Crippen molar-refractivity contribution in [2.75, 3.05) is 20.2 Å². The first-order chi connectivity index (χ1) is 5.70. The Kier molecular flexibility index (Phi) is 6.04. The van der Waals surface area contributed by atoms with E-state index < -0.39 is 0 Å². The molecular formula is C7H15N3O2. The van der Waals surface area contributed by atoms with Gasteiger partial charge >= 0.3 is 6.03 Å². The van der Waals surface area contributed by atoms with Crippen LogP contribution in [-0.4, -0.2) is 31.2 Å². The van der Waals surface area contributed by atoms with Gasteiger partial charge in [-0.1, -0.05) is 13.0 Å². The number of carbonyl (C=O) groups is 1. The first-order valence-electron chi connectivity index (χ1n) is 3.71. The van der Waals surface area contributed by atoms with Crippen LogP contribution in [-0.2, 0) is 4.84 Å². The molecule has 0 rings (SSSR count). The third kappa shape index (κ3) is 5.70. The first kappa shape index (κ1) is 10.9. The fraction of sp³-hybridized carbons (Fsp3) is 0.571. The Bertz CT molecular complexity index is 150. The van der Waals surface area contributed by atoms with E-state index in [1.807, 2.05) is 6.92 Å². The number of hydrogen-bond acceptors (Lipinski definition) is 3. The maximum absolute atomic E-state index is 10.9. The van der Waals surface area contributed by atoms with E-state index in [9.17, 15) is 4.79 Å². The van der Waals surface area contributed by atoms with Crippen molar-refractivity contribution >= 4 is 6.03 Å². The molecule has 0 aliphatic heterocycles. The van der Waals surface area contributed by atoms with Gasteiger partial charge in [0.1, 0.15) is 0 Å². The Labute approximate surface area is 72.3 Å². The van der Waals surface area contributed by atoms with Gasteiger partial charge in [-0.25, -0.2) is 15.3 Å². The molecule has 2 amide bonds. The summed E-state index contributed by atoms with van der Waals surface area (Å²) in [6, 6.07) is -0.388. The van der Waals surface area contributed by atoms with Gasteiger partial charge in [0.05, 0.1) is 6.61 Å². The summed E-state index contributed by atoms with van der Waals surface area (Å²) in [6.45, 7) is 6.37. The highest BCUT2D eigenvalue weighted by Gasteiger charge is 2.00. The van der Waals surface area contributed by atoms with Crippen LogP contribution >= 0.6 is 0 Å². The number of hydroxylamine groups is 1. The van der Waals surface area contributed by atoms with Crippen LogP contribution in [0.25, 0.3) is 0 Å². The average molecular weight is 173 g/mol. The molecule has 0 aliphatic carbocycles. The maximum Gasteiger partial charge on any atom is 0.353 e. The van der Waals surface area contributed by atoms with Crippen molar-refractivity contribution in [2.45, 2.75) is 6.92 Å². The van der Waals surface area contributed by atoms with E-state index in [0.717, 1.165) is 6.54 Å². The molecule has 0 radical (unpaired) electrons. The van der Waals surface area contributed by atoms with E-state index in [1.165, 1.54) is 0 Å². The van der Waals surface area contributed by atoms with Crippen LogP contribution in [0, 0.1) is 0 Å². The molecule has 0 aromatic carbocycles. The Hall–Kier alpha value is -1.07. The van der Waals surface area contributed by atoms with Gasteiger partial charge in [-0.15, -0.1) is 6.58 Å². The van der Waals surface area contributed by atoms with Crippen molar-refractivity contribution < 1.29 is 9.63 Å². The van der Waals surface area contributed by atoms with E-state index in [4.69, 9.17) is 0 Å². The molecule has 5 heteroatoms. The molecule has 0 atom stereocenters. The van der Waals surface area contributed by atoms with Crippen molar-refractivity contribution in [1.82, 2.24) is 15.9 Å². The van der Waals surface area contributed by atoms with Crippen LogP contribution in [0.5, 0.6) is 0 Å². The minimum atomic E-state index is -0.388. The third-order valence-corrected chi connectivity index (χ3v) is 1.13. The molecule has 70 valence electrons. The molecule has 0 heterocycles. The molecule has 0 bridgehead atoms. The van der Waals surface area contributed by atoms with Crippen molar-refractivity contribution in [3.63, 3.8) is 0 Å². The van der Waals surface area contributed by atoms with E-state index in [0.29, 0.717) is 6.61 Å². The Balaban J connectivity index is 3.39. The van der Waals surface area contributed by atoms with Crippen LogP contribution < -0.4 is 10.9 Å². The fourth-order valence-corrected chi connectivity index (χ4v) is 0.441. The molecule has 0 spiro atoms. The second-order valence-corrected chi connectivity index (χ2v) is 2.16. The summed E-state index contributed by atoms with van der Waals surface area (Å²) in [7, 11) is 1.76. The second kappa shape index (κ2) is 6.63. The third-order valence-electron chi connectivity index (χ3n) is 1.13. The highest BCUT2D eigenvalue weighted by atomic mass is 16.7. The highest BCUT2D eigenvalue weighted by molar-refractivity contribution is 5.71. The Morgan fingerprint density at radius 3 is 2.92 bits per heavy atom. The van der Waals surface area contributed by atoms with Crippen LogP contribution in [0.2, 0.25) is 0 Å². The predicted molar refractivity (Wildman–Crippen MR) is 46.1 cm³/mol. The van der Waals surface area contributed by atoms with Crippen LogP contribution in [0.4, 0.5) is 4.79 Å². The smallest absolute Gasteiger partial charge is 0.269 e. The molecule has 0 saturated carbocycles. The minimum absolute atomic E-state index is 0.295. The lowest BCUT2D eigenvalue weighted by Crippen LogP contribution is -2.45. The largest absolute Gasteiger partial charge is 0.353 e. The summed E-state index contributed by atoms with van der Waals surface area (Å²) >= 11 is 0. The number of hydrazine groups is 1. The normalized spacial score (nSPS) is 9.58. The number of nitrogens with one attached hydrogen (secondary N) is 2. The van der Waals surface area contributed by atoms with Crippen molar-refractivity contribution in [3.05, 3.63) is 12.7 Å².